The van der Waals surface area contributed by atoms with Crippen molar-refractivity contribution in [2.24, 2.45) is 0 Å². The summed E-state index contributed by atoms with van der Waals surface area (Å²) < 4.78 is 0. The topological polar surface area (TPSA) is 47.9 Å². The summed E-state index contributed by atoms with van der Waals surface area (Å²) in [6.45, 7) is 2.12. The molecule has 1 aromatic carbocycles. The molecule has 0 spiro atoms. The summed E-state index contributed by atoms with van der Waals surface area (Å²) in [4.78, 5) is 0. The first-order chi connectivity index (χ1) is 8.29. The van der Waals surface area contributed by atoms with E-state index in [1.165, 1.54) is 6.42 Å². The molecule has 4 heteroatoms. The van der Waals surface area contributed by atoms with Gasteiger partial charge in [0.05, 0.1) is 22.3 Å². The molecule has 90 valence electrons. The Labute approximate surface area is 107 Å². The van der Waals surface area contributed by atoms with Crippen LogP contribution in [0, 0.1) is 11.3 Å². The van der Waals surface area contributed by atoms with Crippen molar-refractivity contribution >= 4 is 17.3 Å². The average Bonchev–Trinajstić information content (AvgIpc) is 2.60. The summed E-state index contributed by atoms with van der Waals surface area (Å²) in [6.07, 6.45) is 3.40. The van der Waals surface area contributed by atoms with E-state index in [9.17, 15) is 0 Å². The van der Waals surface area contributed by atoms with E-state index in [0.717, 1.165) is 31.6 Å². The Morgan fingerprint density at radius 2 is 2.24 bits per heavy atom. The third-order valence-corrected chi connectivity index (χ3v) is 3.36. The zero-order valence-electron chi connectivity index (χ0n) is 9.67. The van der Waals surface area contributed by atoms with Gasteiger partial charge in [0, 0.05) is 6.04 Å². The van der Waals surface area contributed by atoms with Crippen molar-refractivity contribution in [3.63, 3.8) is 0 Å². The van der Waals surface area contributed by atoms with Crippen molar-refractivity contribution in [1.29, 1.82) is 5.26 Å². The molecule has 1 unspecified atom stereocenters. The van der Waals surface area contributed by atoms with Crippen LogP contribution in [-0.4, -0.2) is 19.1 Å². The van der Waals surface area contributed by atoms with Crippen molar-refractivity contribution in [2.45, 2.75) is 25.3 Å². The molecule has 17 heavy (non-hydrogen) atoms. The number of nitrogens with one attached hydrogen (secondary N) is 2. The van der Waals surface area contributed by atoms with Gasteiger partial charge < -0.3 is 10.6 Å². The largest absolute Gasteiger partial charge is 0.381 e. The van der Waals surface area contributed by atoms with Crippen LogP contribution < -0.4 is 10.6 Å². The number of benzene rings is 1. The molecule has 0 aliphatic carbocycles. The van der Waals surface area contributed by atoms with E-state index in [1.54, 1.807) is 12.1 Å². The van der Waals surface area contributed by atoms with E-state index in [-0.39, 0.29) is 0 Å². The highest BCUT2D eigenvalue weighted by Gasteiger charge is 2.13. The number of nitriles is 1. The fraction of sp³-hybridized carbons (Fsp3) is 0.462. The van der Waals surface area contributed by atoms with Gasteiger partial charge in [-0.1, -0.05) is 11.6 Å². The Balaban J connectivity index is 2.09. The van der Waals surface area contributed by atoms with E-state index in [0.29, 0.717) is 16.6 Å². The first-order valence-electron chi connectivity index (χ1n) is 5.96. The SMILES string of the molecule is N#Cc1ccc(Cl)c(NC2CCCNCC2)c1. The van der Waals surface area contributed by atoms with Crippen LogP contribution in [0.5, 0.6) is 0 Å². The molecule has 1 fully saturated rings. The van der Waals surface area contributed by atoms with Crippen LogP contribution in [-0.2, 0) is 0 Å². The number of halogens is 1. The van der Waals surface area contributed by atoms with Crippen LogP contribution in [0.4, 0.5) is 5.69 Å². The molecule has 0 radical (unpaired) electrons. The average molecular weight is 250 g/mol. The van der Waals surface area contributed by atoms with E-state index >= 15 is 0 Å². The Hall–Kier alpha value is -1.24. The molecule has 1 saturated heterocycles. The van der Waals surface area contributed by atoms with Gasteiger partial charge in [0.15, 0.2) is 0 Å². The molecule has 1 aliphatic heterocycles. The van der Waals surface area contributed by atoms with Crippen molar-refractivity contribution in [3.8, 4) is 6.07 Å². The maximum atomic E-state index is 8.87. The third-order valence-electron chi connectivity index (χ3n) is 3.03. The summed E-state index contributed by atoms with van der Waals surface area (Å²) in [5.41, 5.74) is 1.52. The van der Waals surface area contributed by atoms with Crippen molar-refractivity contribution in [1.82, 2.24) is 5.32 Å². The van der Waals surface area contributed by atoms with Crippen LogP contribution in [0.3, 0.4) is 0 Å². The van der Waals surface area contributed by atoms with Gasteiger partial charge >= 0.3 is 0 Å². The monoisotopic (exact) mass is 249 g/mol. The van der Waals surface area contributed by atoms with Gasteiger partial charge in [-0.3, -0.25) is 0 Å². The predicted octanol–water partition coefficient (Wildman–Crippen LogP) is 2.77. The number of hydrogen-bond acceptors (Lipinski definition) is 3. The summed E-state index contributed by atoms with van der Waals surface area (Å²) in [5, 5.41) is 16.4. The van der Waals surface area contributed by atoms with Gasteiger partial charge in [0.1, 0.15) is 0 Å². The minimum atomic E-state index is 0.441. The highest BCUT2D eigenvalue weighted by Crippen LogP contribution is 2.25. The van der Waals surface area contributed by atoms with Crippen LogP contribution >= 0.6 is 11.6 Å². The maximum absolute atomic E-state index is 8.87. The van der Waals surface area contributed by atoms with Gasteiger partial charge in [-0.25, -0.2) is 0 Å². The molecule has 2 N–H and O–H groups in total. The maximum Gasteiger partial charge on any atom is 0.0992 e. The van der Waals surface area contributed by atoms with E-state index in [1.807, 2.05) is 6.07 Å². The molecule has 2 rings (SSSR count). The molecule has 1 aliphatic rings. The Kier molecular flexibility index (Phi) is 4.24. The lowest BCUT2D eigenvalue weighted by Crippen LogP contribution is -2.21. The molecule has 0 aromatic heterocycles. The summed E-state index contributed by atoms with van der Waals surface area (Å²) in [7, 11) is 0. The summed E-state index contributed by atoms with van der Waals surface area (Å²) in [6, 6.07) is 7.91. The van der Waals surface area contributed by atoms with Crippen molar-refractivity contribution < 1.29 is 0 Å². The zero-order valence-corrected chi connectivity index (χ0v) is 10.4. The van der Waals surface area contributed by atoms with Crippen LogP contribution in [0.2, 0.25) is 5.02 Å². The first kappa shape index (κ1) is 12.2. The Morgan fingerprint density at radius 3 is 3.06 bits per heavy atom. The third kappa shape index (κ3) is 3.36. The minimum Gasteiger partial charge on any atom is -0.381 e. The molecular formula is C13H16ClN3. The van der Waals surface area contributed by atoms with Crippen molar-refractivity contribution in [3.05, 3.63) is 28.8 Å². The molecule has 1 aromatic rings. The summed E-state index contributed by atoms with van der Waals surface area (Å²) in [5.74, 6) is 0. The van der Waals surface area contributed by atoms with Gasteiger partial charge in [-0.05, 0) is 50.6 Å². The smallest absolute Gasteiger partial charge is 0.0992 e. The fourth-order valence-corrected chi connectivity index (χ4v) is 2.26. The highest BCUT2D eigenvalue weighted by atomic mass is 35.5. The molecule has 0 amide bonds. The molecule has 0 saturated carbocycles. The zero-order chi connectivity index (χ0) is 12.1. The van der Waals surface area contributed by atoms with Crippen LogP contribution in [0.1, 0.15) is 24.8 Å². The number of hydrogen-bond donors (Lipinski definition) is 2. The molecule has 1 atom stereocenters. The number of anilines is 1. The number of rotatable bonds is 2. The molecular weight excluding hydrogens is 234 g/mol. The van der Waals surface area contributed by atoms with Gasteiger partial charge in [-0.15, -0.1) is 0 Å². The lowest BCUT2D eigenvalue weighted by Gasteiger charge is -2.18. The second kappa shape index (κ2) is 5.90. The van der Waals surface area contributed by atoms with Crippen LogP contribution in [0.25, 0.3) is 0 Å². The second-order valence-corrected chi connectivity index (χ2v) is 4.74. The lowest BCUT2D eigenvalue weighted by atomic mass is 10.1. The van der Waals surface area contributed by atoms with Gasteiger partial charge in [0.25, 0.3) is 0 Å². The Morgan fingerprint density at radius 1 is 1.35 bits per heavy atom. The predicted molar refractivity (Wildman–Crippen MR) is 70.3 cm³/mol. The highest BCUT2D eigenvalue weighted by molar-refractivity contribution is 6.33. The van der Waals surface area contributed by atoms with E-state index in [4.69, 9.17) is 16.9 Å². The van der Waals surface area contributed by atoms with Crippen molar-refractivity contribution in [2.75, 3.05) is 18.4 Å². The Bertz CT molecular complexity index is 417. The fourth-order valence-electron chi connectivity index (χ4n) is 2.09. The van der Waals surface area contributed by atoms with Gasteiger partial charge in [-0.2, -0.15) is 5.26 Å². The van der Waals surface area contributed by atoms with E-state index in [2.05, 4.69) is 16.7 Å². The standard InChI is InChI=1S/C13H16ClN3/c14-12-4-3-10(9-15)8-13(12)17-11-2-1-6-16-7-5-11/h3-4,8,11,16-17H,1-2,5-7H2. The summed E-state index contributed by atoms with van der Waals surface area (Å²) >= 11 is 6.13. The van der Waals surface area contributed by atoms with Gasteiger partial charge in [0.2, 0.25) is 0 Å². The molecule has 1 heterocycles. The first-order valence-corrected chi connectivity index (χ1v) is 6.34. The quantitative estimate of drug-likeness (QED) is 0.847. The second-order valence-electron chi connectivity index (χ2n) is 4.33. The number of nitrogens with zero attached hydrogens (tertiary/aromatic N) is 1. The lowest BCUT2D eigenvalue weighted by molar-refractivity contribution is 0.637. The molecule has 0 bridgehead atoms. The van der Waals surface area contributed by atoms with Crippen LogP contribution in [0.15, 0.2) is 18.2 Å². The van der Waals surface area contributed by atoms with E-state index < -0.39 is 0 Å². The normalized spacial score (nSPS) is 20.4. The minimum absolute atomic E-state index is 0.441. The molecule has 3 nitrogen and oxygen atoms in total.